The third-order valence-electron chi connectivity index (χ3n) is 2.65. The zero-order valence-electron chi connectivity index (χ0n) is 9.94. The number of nitrogens with zero attached hydrogens (tertiary/aromatic N) is 1. The molecule has 0 unspecified atom stereocenters. The zero-order valence-corrected chi connectivity index (χ0v) is 11.5. The summed E-state index contributed by atoms with van der Waals surface area (Å²) in [6.07, 6.45) is 0. The average Bonchev–Trinajstić information content (AvgIpc) is 2.28. The molecule has 96 valence electrons. The molecule has 0 atom stereocenters. The second-order valence-corrected chi connectivity index (χ2v) is 6.55. The van der Waals surface area contributed by atoms with E-state index < -0.39 is 21.4 Å². The van der Waals surface area contributed by atoms with Crippen LogP contribution < -0.4 is 0 Å². The molecule has 0 heterocycles. The van der Waals surface area contributed by atoms with E-state index in [1.807, 2.05) is 0 Å². The highest BCUT2D eigenvalue weighted by Gasteiger charge is 2.34. The number of halogens is 2. The van der Waals surface area contributed by atoms with Gasteiger partial charge in [-0.2, -0.15) is 4.31 Å². The zero-order chi connectivity index (χ0) is 13.3. The lowest BCUT2D eigenvalue weighted by Crippen LogP contribution is -2.46. The first-order valence-electron chi connectivity index (χ1n) is 5.03. The highest BCUT2D eigenvalue weighted by atomic mass is 35.5. The Morgan fingerprint density at radius 3 is 2.35 bits per heavy atom. The van der Waals surface area contributed by atoms with Crippen molar-refractivity contribution in [2.75, 3.05) is 12.9 Å². The molecule has 0 saturated carbocycles. The van der Waals surface area contributed by atoms with Crippen molar-refractivity contribution in [2.24, 2.45) is 0 Å². The van der Waals surface area contributed by atoms with E-state index in [0.717, 1.165) is 10.4 Å². The smallest absolute Gasteiger partial charge is 0.207 e. The largest absolute Gasteiger partial charge is 0.246 e. The van der Waals surface area contributed by atoms with Gasteiger partial charge < -0.3 is 0 Å². The molecule has 17 heavy (non-hydrogen) atoms. The van der Waals surface area contributed by atoms with E-state index in [0.29, 0.717) is 0 Å². The highest BCUT2D eigenvalue weighted by molar-refractivity contribution is 7.89. The van der Waals surface area contributed by atoms with Crippen LogP contribution in [0.4, 0.5) is 4.39 Å². The average molecular weight is 280 g/mol. The number of hydrogen-bond acceptors (Lipinski definition) is 2. The normalized spacial score (nSPS) is 13.1. The first-order chi connectivity index (χ1) is 7.73. The van der Waals surface area contributed by atoms with Crippen molar-refractivity contribution in [2.45, 2.75) is 24.3 Å². The molecule has 0 aliphatic carbocycles. The number of hydrogen-bond donors (Lipinski definition) is 0. The molecule has 3 nitrogen and oxygen atoms in total. The molecule has 1 rings (SSSR count). The predicted molar refractivity (Wildman–Crippen MR) is 66.1 cm³/mol. The van der Waals surface area contributed by atoms with Crippen molar-refractivity contribution in [3.63, 3.8) is 0 Å². The van der Waals surface area contributed by atoms with Crippen molar-refractivity contribution >= 4 is 21.6 Å². The van der Waals surface area contributed by atoms with Gasteiger partial charge in [-0.05, 0) is 26.0 Å². The lowest BCUT2D eigenvalue weighted by molar-refractivity contribution is 0.295. The summed E-state index contributed by atoms with van der Waals surface area (Å²) in [6, 6.07) is 5.29. The van der Waals surface area contributed by atoms with Gasteiger partial charge in [0.15, 0.2) is 0 Å². The van der Waals surface area contributed by atoms with Crippen LogP contribution in [-0.2, 0) is 10.0 Å². The quantitative estimate of drug-likeness (QED) is 0.794. The van der Waals surface area contributed by atoms with Crippen molar-refractivity contribution in [3.8, 4) is 0 Å². The minimum atomic E-state index is -3.87. The molecule has 0 radical (unpaired) electrons. The second-order valence-electron chi connectivity index (χ2n) is 4.35. The van der Waals surface area contributed by atoms with Gasteiger partial charge in [-0.25, -0.2) is 12.8 Å². The molecule has 0 saturated heterocycles. The number of alkyl halides is 1. The van der Waals surface area contributed by atoms with E-state index in [1.165, 1.54) is 25.2 Å². The fourth-order valence-corrected chi connectivity index (χ4v) is 3.04. The lowest BCUT2D eigenvalue weighted by atomic mass is 10.1. The van der Waals surface area contributed by atoms with Gasteiger partial charge in [0.2, 0.25) is 10.0 Å². The number of sulfonamides is 1. The van der Waals surface area contributed by atoms with E-state index in [-0.39, 0.29) is 10.8 Å². The summed E-state index contributed by atoms with van der Waals surface area (Å²) >= 11 is 5.72. The maximum atomic E-state index is 13.5. The number of benzene rings is 1. The molecule has 1 aromatic carbocycles. The maximum Gasteiger partial charge on any atom is 0.246 e. The first kappa shape index (κ1) is 14.4. The van der Waals surface area contributed by atoms with Crippen LogP contribution in [0.25, 0.3) is 0 Å². The molecule has 6 heteroatoms. The van der Waals surface area contributed by atoms with E-state index in [4.69, 9.17) is 11.6 Å². The standard InChI is InChI=1S/C11H15ClFNO2S/c1-11(2,8-12)14(3)17(15,16)10-7-5-4-6-9(10)13/h4-7H,8H2,1-3H3. The maximum absolute atomic E-state index is 13.5. The van der Waals surface area contributed by atoms with Crippen LogP contribution in [0, 0.1) is 5.82 Å². The second kappa shape index (κ2) is 4.92. The van der Waals surface area contributed by atoms with Crippen molar-refractivity contribution in [3.05, 3.63) is 30.1 Å². The fourth-order valence-electron chi connectivity index (χ4n) is 1.21. The monoisotopic (exact) mass is 279 g/mol. The van der Waals surface area contributed by atoms with Crippen LogP contribution in [0.5, 0.6) is 0 Å². The highest BCUT2D eigenvalue weighted by Crippen LogP contribution is 2.25. The topological polar surface area (TPSA) is 37.4 Å². The van der Waals surface area contributed by atoms with Crippen molar-refractivity contribution in [1.82, 2.24) is 4.31 Å². The van der Waals surface area contributed by atoms with Crippen LogP contribution in [0.15, 0.2) is 29.2 Å². The van der Waals surface area contributed by atoms with E-state index in [1.54, 1.807) is 13.8 Å². The summed E-state index contributed by atoms with van der Waals surface area (Å²) in [4.78, 5) is -0.333. The molecule has 0 spiro atoms. The first-order valence-corrected chi connectivity index (χ1v) is 7.00. The molecular weight excluding hydrogens is 265 g/mol. The summed E-state index contributed by atoms with van der Waals surface area (Å²) in [5.74, 6) is -0.637. The van der Waals surface area contributed by atoms with Crippen LogP contribution in [0.2, 0.25) is 0 Å². The van der Waals surface area contributed by atoms with Gasteiger partial charge >= 0.3 is 0 Å². The van der Waals surface area contributed by atoms with E-state index in [9.17, 15) is 12.8 Å². The molecule has 0 bridgehead atoms. The minimum Gasteiger partial charge on any atom is -0.207 e. The summed E-state index contributed by atoms with van der Waals surface area (Å²) in [5, 5.41) is 0. The Labute approximate surface area is 106 Å². The lowest BCUT2D eigenvalue weighted by Gasteiger charge is -2.32. The van der Waals surface area contributed by atoms with Gasteiger partial charge in [0.05, 0.1) is 0 Å². The summed E-state index contributed by atoms with van der Waals surface area (Å²) in [6.45, 7) is 3.36. The van der Waals surface area contributed by atoms with Crippen LogP contribution in [0.1, 0.15) is 13.8 Å². The Morgan fingerprint density at radius 2 is 1.88 bits per heavy atom. The van der Waals surface area contributed by atoms with Gasteiger partial charge in [-0.15, -0.1) is 11.6 Å². The van der Waals surface area contributed by atoms with Gasteiger partial charge in [0, 0.05) is 18.5 Å². The Morgan fingerprint density at radius 1 is 1.35 bits per heavy atom. The molecule has 0 aliphatic rings. The van der Waals surface area contributed by atoms with Gasteiger partial charge in [-0.1, -0.05) is 12.1 Å². The Hall–Kier alpha value is -0.650. The van der Waals surface area contributed by atoms with Crippen molar-refractivity contribution in [1.29, 1.82) is 0 Å². The fraction of sp³-hybridized carbons (Fsp3) is 0.455. The van der Waals surface area contributed by atoms with Crippen LogP contribution in [-0.4, -0.2) is 31.2 Å². The van der Waals surface area contributed by atoms with Gasteiger partial charge in [0.25, 0.3) is 0 Å². The van der Waals surface area contributed by atoms with Crippen molar-refractivity contribution < 1.29 is 12.8 Å². The third-order valence-corrected chi connectivity index (χ3v) is 5.41. The summed E-state index contributed by atoms with van der Waals surface area (Å²) in [5.41, 5.74) is -0.775. The van der Waals surface area contributed by atoms with Crippen LogP contribution >= 0.6 is 11.6 Å². The molecule has 0 fully saturated rings. The summed E-state index contributed by atoms with van der Waals surface area (Å²) in [7, 11) is -2.47. The predicted octanol–water partition coefficient (Wildman–Crippen LogP) is 2.46. The summed E-state index contributed by atoms with van der Waals surface area (Å²) < 4.78 is 39.0. The number of rotatable bonds is 4. The Balaban J connectivity index is 3.26. The molecule has 0 N–H and O–H groups in total. The Bertz CT molecular complexity index is 502. The van der Waals surface area contributed by atoms with Gasteiger partial charge in [-0.3, -0.25) is 0 Å². The Kier molecular flexibility index (Phi) is 4.17. The molecular formula is C11H15ClFNO2S. The molecule has 0 aromatic heterocycles. The molecule has 0 amide bonds. The SMILES string of the molecule is CN(C(C)(C)CCl)S(=O)(=O)c1ccccc1F. The molecule has 1 aromatic rings. The molecule has 0 aliphatic heterocycles. The third kappa shape index (κ3) is 2.78. The van der Waals surface area contributed by atoms with E-state index in [2.05, 4.69) is 0 Å². The van der Waals surface area contributed by atoms with Crippen LogP contribution in [0.3, 0.4) is 0 Å². The van der Waals surface area contributed by atoms with Gasteiger partial charge in [0.1, 0.15) is 10.7 Å². The minimum absolute atomic E-state index is 0.122. The van der Waals surface area contributed by atoms with E-state index >= 15 is 0 Å².